The number of ether oxygens (including phenoxy) is 9. The molecule has 10 atom stereocenters. The summed E-state index contributed by atoms with van der Waals surface area (Å²) in [7, 11) is 0. The largest absolute Gasteiger partial charge is 0.459 e. The molecule has 2 aliphatic heterocycles. The summed E-state index contributed by atoms with van der Waals surface area (Å²) in [6.45, 7) is 0.207. The summed E-state index contributed by atoms with van der Waals surface area (Å²) in [5.74, 6) is -1.49. The molecule has 0 unspecified atom stereocenters. The first-order chi connectivity index (χ1) is 32.9. The second kappa shape index (κ2) is 24.1. The van der Waals surface area contributed by atoms with E-state index in [4.69, 9.17) is 42.6 Å². The highest BCUT2D eigenvalue weighted by atomic mass is 16.7. The quantitative estimate of drug-likeness (QED) is 0.0741. The van der Waals surface area contributed by atoms with Gasteiger partial charge in [-0.05, 0) is 46.5 Å². The highest BCUT2D eigenvalue weighted by Gasteiger charge is 2.54. The van der Waals surface area contributed by atoms with Crippen molar-refractivity contribution < 1.29 is 62.4 Å². The van der Waals surface area contributed by atoms with Gasteiger partial charge in [0.15, 0.2) is 18.7 Å². The molecule has 2 heterocycles. The minimum atomic E-state index is -1.86. The fourth-order valence-electron chi connectivity index (χ4n) is 7.92. The number of carbonyl (C=O) groups is 2. The Morgan fingerprint density at radius 2 is 0.866 bits per heavy atom. The molecule has 2 aliphatic rings. The third-order valence-electron chi connectivity index (χ3n) is 11.4. The molecule has 2 fully saturated rings. The number of rotatable bonds is 20. The van der Waals surface area contributed by atoms with Gasteiger partial charge in [-0.1, -0.05) is 158 Å². The van der Waals surface area contributed by atoms with Crippen LogP contribution >= 0.6 is 0 Å². The standard InChI is InChI=1S/C54H54O13/c55-45-43(36-63-51(56)41-27-15-5-16-28-41)64-53(58)49(66-52(57)42-29-17-6-18-30-42)47(45)67-54-50(62-34-40-25-13-4-14-26-40)48(61-33-39-23-11-3-12-24-39)46(60-32-38-21-9-2-10-22-38)44(65-54)35-59-31-37-19-7-1-8-20-37/h1-30,43-50,53-55,58H,31-36H2/t43-,44-,45+,46+,47+,48+,49-,50-,53+,54-/m1/s1. The van der Waals surface area contributed by atoms with Gasteiger partial charge in [-0.15, -0.1) is 0 Å². The fraction of sp³-hybridized carbons (Fsp3) is 0.296. The number of aliphatic hydroxyl groups excluding tert-OH is 2. The van der Waals surface area contributed by atoms with Crippen LogP contribution in [0, 0.1) is 0 Å². The molecule has 13 heteroatoms. The third kappa shape index (κ3) is 13.1. The van der Waals surface area contributed by atoms with Crippen molar-refractivity contribution in [1.29, 1.82) is 0 Å². The molecule has 13 nitrogen and oxygen atoms in total. The first-order valence-corrected chi connectivity index (χ1v) is 22.3. The Bertz CT molecular complexity index is 2380. The van der Waals surface area contributed by atoms with Crippen molar-refractivity contribution in [2.24, 2.45) is 0 Å². The van der Waals surface area contributed by atoms with Crippen molar-refractivity contribution in [3.05, 3.63) is 215 Å². The predicted octanol–water partition coefficient (Wildman–Crippen LogP) is 7.23. The molecular formula is C54H54O13. The lowest BCUT2D eigenvalue weighted by Gasteiger charge is -2.49. The lowest BCUT2D eigenvalue weighted by Crippen LogP contribution is -2.66. The van der Waals surface area contributed by atoms with Crippen molar-refractivity contribution in [3.8, 4) is 0 Å². The number of aliphatic hydroxyl groups is 2. The van der Waals surface area contributed by atoms with Crippen molar-refractivity contribution >= 4 is 11.9 Å². The van der Waals surface area contributed by atoms with E-state index in [1.54, 1.807) is 60.7 Å². The van der Waals surface area contributed by atoms with E-state index in [0.717, 1.165) is 22.3 Å². The summed E-state index contributed by atoms with van der Waals surface area (Å²) in [4.78, 5) is 26.7. The molecule has 0 aliphatic carbocycles. The van der Waals surface area contributed by atoms with Crippen molar-refractivity contribution in [2.75, 3.05) is 13.2 Å². The number of esters is 2. The minimum Gasteiger partial charge on any atom is -0.459 e. The first kappa shape index (κ1) is 47.4. The van der Waals surface area contributed by atoms with Crippen molar-refractivity contribution in [1.82, 2.24) is 0 Å². The van der Waals surface area contributed by atoms with Gasteiger partial charge in [0.1, 0.15) is 49.3 Å². The molecule has 2 saturated heterocycles. The molecule has 8 rings (SSSR count). The smallest absolute Gasteiger partial charge is 0.338 e. The van der Waals surface area contributed by atoms with E-state index in [9.17, 15) is 19.8 Å². The van der Waals surface area contributed by atoms with Crippen LogP contribution in [0.25, 0.3) is 0 Å². The topological polar surface area (TPSA) is 158 Å². The molecule has 67 heavy (non-hydrogen) atoms. The lowest BCUT2D eigenvalue weighted by molar-refractivity contribution is -0.367. The Hall–Kier alpha value is -6.10. The summed E-state index contributed by atoms with van der Waals surface area (Å²) >= 11 is 0. The zero-order valence-corrected chi connectivity index (χ0v) is 36.7. The average Bonchev–Trinajstić information content (AvgIpc) is 3.38. The summed E-state index contributed by atoms with van der Waals surface area (Å²) in [5.41, 5.74) is 4.04. The molecule has 0 amide bonds. The second-order valence-electron chi connectivity index (χ2n) is 16.2. The van der Waals surface area contributed by atoms with Gasteiger partial charge in [-0.3, -0.25) is 0 Å². The van der Waals surface area contributed by atoms with E-state index < -0.39 is 80.0 Å². The first-order valence-electron chi connectivity index (χ1n) is 22.3. The van der Waals surface area contributed by atoms with Crippen molar-refractivity contribution in [2.45, 2.75) is 87.8 Å². The SMILES string of the molecule is O=C(OC[C@H]1O[C@H](O)[C@H](OC(=O)c2ccccc2)[C@@H](O[C@H]2O[C@H](COCc3ccccc3)[C@H](OCc3ccccc3)[C@H](OCc3ccccc3)[C@H]2OCc2ccccc2)[C@H]1O)c1ccccc1. The monoisotopic (exact) mass is 910 g/mol. The minimum absolute atomic E-state index is 0.00819. The van der Waals surface area contributed by atoms with Gasteiger partial charge in [0.2, 0.25) is 0 Å². The van der Waals surface area contributed by atoms with Crippen LogP contribution in [-0.4, -0.2) is 96.8 Å². The van der Waals surface area contributed by atoms with E-state index in [0.29, 0.717) is 0 Å². The molecule has 0 bridgehead atoms. The van der Waals surface area contributed by atoms with Crippen LogP contribution in [0.3, 0.4) is 0 Å². The van der Waals surface area contributed by atoms with E-state index in [-0.39, 0.29) is 44.2 Å². The number of hydrogen-bond acceptors (Lipinski definition) is 13. The Kier molecular flexibility index (Phi) is 17.0. The van der Waals surface area contributed by atoms with Gasteiger partial charge >= 0.3 is 11.9 Å². The van der Waals surface area contributed by atoms with Gasteiger partial charge in [0, 0.05) is 0 Å². The Balaban J connectivity index is 1.15. The highest BCUT2D eigenvalue weighted by molar-refractivity contribution is 5.89. The van der Waals surface area contributed by atoms with Crippen molar-refractivity contribution in [3.63, 3.8) is 0 Å². The lowest BCUT2D eigenvalue weighted by atomic mass is 9.96. The number of hydrogen-bond donors (Lipinski definition) is 2. The molecule has 0 aromatic heterocycles. The van der Waals surface area contributed by atoms with Crippen LogP contribution in [-0.2, 0) is 69.1 Å². The molecule has 6 aromatic carbocycles. The van der Waals surface area contributed by atoms with E-state index in [1.165, 1.54) is 0 Å². The normalized spacial score (nSPS) is 24.9. The summed E-state index contributed by atoms with van der Waals surface area (Å²) in [6, 6.07) is 55.1. The van der Waals surface area contributed by atoms with Gasteiger partial charge in [0.05, 0.1) is 44.2 Å². The molecule has 348 valence electrons. The molecule has 0 saturated carbocycles. The maximum atomic E-state index is 13.7. The second-order valence-corrected chi connectivity index (χ2v) is 16.2. The van der Waals surface area contributed by atoms with Gasteiger partial charge in [-0.25, -0.2) is 9.59 Å². The summed E-state index contributed by atoms with van der Waals surface area (Å²) in [5, 5.41) is 23.8. The molecule has 0 radical (unpaired) electrons. The maximum Gasteiger partial charge on any atom is 0.338 e. The van der Waals surface area contributed by atoms with Gasteiger partial charge < -0.3 is 52.8 Å². The zero-order valence-electron chi connectivity index (χ0n) is 36.7. The van der Waals surface area contributed by atoms with Crippen LogP contribution in [0.4, 0.5) is 0 Å². The van der Waals surface area contributed by atoms with E-state index >= 15 is 0 Å². The highest BCUT2D eigenvalue weighted by Crippen LogP contribution is 2.35. The molecule has 0 spiro atoms. The fourth-order valence-corrected chi connectivity index (χ4v) is 7.92. The van der Waals surface area contributed by atoms with Crippen LogP contribution in [0.5, 0.6) is 0 Å². The number of carbonyl (C=O) groups excluding carboxylic acids is 2. The van der Waals surface area contributed by atoms with Gasteiger partial charge in [0.25, 0.3) is 0 Å². The predicted molar refractivity (Wildman–Crippen MR) is 244 cm³/mol. The average molecular weight is 911 g/mol. The Morgan fingerprint density at radius 1 is 0.433 bits per heavy atom. The summed E-state index contributed by atoms with van der Waals surface area (Å²) < 4.78 is 57.8. The summed E-state index contributed by atoms with van der Waals surface area (Å²) in [6.07, 6.45) is -13.1. The van der Waals surface area contributed by atoms with Crippen LogP contribution < -0.4 is 0 Å². The van der Waals surface area contributed by atoms with Crippen LogP contribution in [0.15, 0.2) is 182 Å². The Morgan fingerprint density at radius 3 is 1.37 bits per heavy atom. The maximum absolute atomic E-state index is 13.7. The molecule has 6 aromatic rings. The van der Waals surface area contributed by atoms with Crippen LogP contribution in [0.1, 0.15) is 43.0 Å². The zero-order chi connectivity index (χ0) is 46.2. The molecule has 2 N–H and O–H groups in total. The molecular weight excluding hydrogens is 857 g/mol. The number of benzene rings is 6. The Labute approximate surface area is 389 Å². The van der Waals surface area contributed by atoms with Gasteiger partial charge in [-0.2, -0.15) is 0 Å². The van der Waals surface area contributed by atoms with E-state index in [2.05, 4.69) is 0 Å². The van der Waals surface area contributed by atoms with E-state index in [1.807, 2.05) is 121 Å². The third-order valence-corrected chi connectivity index (χ3v) is 11.4. The van der Waals surface area contributed by atoms with Crippen LogP contribution in [0.2, 0.25) is 0 Å².